The molecule has 0 atom stereocenters. The van der Waals surface area contributed by atoms with E-state index in [-0.39, 0.29) is 16.4 Å². The average Bonchev–Trinajstić information content (AvgIpc) is 2.76. The molecular weight excluding hydrogens is 268 g/mol. The number of anilines is 1. The fourth-order valence-electron chi connectivity index (χ4n) is 2.06. The van der Waals surface area contributed by atoms with Crippen LogP contribution in [-0.2, 0) is 19.5 Å². The average molecular weight is 288 g/mol. The zero-order chi connectivity index (χ0) is 15.8. The van der Waals surface area contributed by atoms with Gasteiger partial charge in [0.2, 0.25) is 5.95 Å². The third-order valence-electron chi connectivity index (χ3n) is 3.25. The number of carbonyl (C=O) groups excluding carboxylic acids is 1. The Morgan fingerprint density at radius 3 is 2.43 bits per heavy atom. The van der Waals surface area contributed by atoms with Crippen LogP contribution in [0.1, 0.15) is 36.7 Å². The monoisotopic (exact) mass is 288 g/mol. The summed E-state index contributed by atoms with van der Waals surface area (Å²) in [7, 11) is 3.57. The second-order valence-corrected chi connectivity index (χ2v) is 6.15. The van der Waals surface area contributed by atoms with Gasteiger partial charge < -0.3 is 9.13 Å². The predicted molar refractivity (Wildman–Crippen MR) is 81.5 cm³/mol. The van der Waals surface area contributed by atoms with Gasteiger partial charge >= 0.3 is 0 Å². The van der Waals surface area contributed by atoms with Crippen molar-refractivity contribution in [3.05, 3.63) is 46.1 Å². The quantitative estimate of drug-likeness (QED) is 0.914. The Morgan fingerprint density at radius 1 is 1.24 bits per heavy atom. The SMILES string of the molecule is Cn1cc(C(=O)Nc2nccn2C)c(=O)c(C(C)(C)C)c1. The van der Waals surface area contributed by atoms with Gasteiger partial charge in [-0.25, -0.2) is 4.98 Å². The van der Waals surface area contributed by atoms with Crippen molar-refractivity contribution in [2.24, 2.45) is 14.1 Å². The molecule has 0 saturated carbocycles. The van der Waals surface area contributed by atoms with Crippen molar-refractivity contribution >= 4 is 11.9 Å². The van der Waals surface area contributed by atoms with Gasteiger partial charge in [0.15, 0.2) is 5.43 Å². The van der Waals surface area contributed by atoms with E-state index in [4.69, 9.17) is 0 Å². The molecule has 2 heterocycles. The first-order valence-electron chi connectivity index (χ1n) is 6.69. The molecule has 2 aromatic rings. The first-order chi connectivity index (χ1) is 9.70. The van der Waals surface area contributed by atoms with Gasteiger partial charge in [0.05, 0.1) is 0 Å². The molecule has 0 saturated heterocycles. The lowest BCUT2D eigenvalue weighted by molar-refractivity contribution is 0.102. The maximum absolute atomic E-state index is 12.5. The first kappa shape index (κ1) is 15.0. The number of imidazole rings is 1. The molecule has 0 unspecified atom stereocenters. The molecule has 0 fully saturated rings. The normalized spacial score (nSPS) is 11.5. The number of nitrogens with one attached hydrogen (secondary N) is 1. The number of amides is 1. The zero-order valence-corrected chi connectivity index (χ0v) is 13.0. The highest BCUT2D eigenvalue weighted by Gasteiger charge is 2.23. The summed E-state index contributed by atoms with van der Waals surface area (Å²) in [5, 5.41) is 2.65. The van der Waals surface area contributed by atoms with E-state index in [0.717, 1.165) is 0 Å². The minimum atomic E-state index is -0.448. The minimum Gasteiger partial charge on any atom is -0.356 e. The number of aromatic nitrogens is 3. The van der Waals surface area contributed by atoms with Gasteiger partial charge in [-0.3, -0.25) is 14.9 Å². The van der Waals surface area contributed by atoms with Gasteiger partial charge in [0.25, 0.3) is 5.91 Å². The van der Waals surface area contributed by atoms with Crippen LogP contribution in [-0.4, -0.2) is 20.0 Å². The molecule has 0 aliphatic heterocycles. The van der Waals surface area contributed by atoms with E-state index in [0.29, 0.717) is 11.5 Å². The number of pyridine rings is 1. The lowest BCUT2D eigenvalue weighted by Crippen LogP contribution is -2.31. The van der Waals surface area contributed by atoms with Crippen LogP contribution >= 0.6 is 0 Å². The first-order valence-corrected chi connectivity index (χ1v) is 6.69. The minimum absolute atomic E-state index is 0.118. The van der Waals surface area contributed by atoms with E-state index < -0.39 is 5.91 Å². The van der Waals surface area contributed by atoms with E-state index in [9.17, 15) is 9.59 Å². The van der Waals surface area contributed by atoms with Gasteiger partial charge in [-0.15, -0.1) is 0 Å². The van der Waals surface area contributed by atoms with Crippen LogP contribution in [0.3, 0.4) is 0 Å². The van der Waals surface area contributed by atoms with Crippen LogP contribution in [0.2, 0.25) is 0 Å². The third kappa shape index (κ3) is 3.04. The van der Waals surface area contributed by atoms with Crippen molar-refractivity contribution in [3.63, 3.8) is 0 Å². The van der Waals surface area contributed by atoms with Gasteiger partial charge in [0, 0.05) is 44.4 Å². The molecule has 112 valence electrons. The molecule has 2 aromatic heterocycles. The maximum Gasteiger partial charge on any atom is 0.263 e. The fourth-order valence-corrected chi connectivity index (χ4v) is 2.06. The van der Waals surface area contributed by atoms with Crippen LogP contribution in [0, 0.1) is 0 Å². The topological polar surface area (TPSA) is 68.9 Å². The largest absolute Gasteiger partial charge is 0.356 e. The number of hydrogen-bond donors (Lipinski definition) is 1. The number of aryl methyl sites for hydroxylation is 2. The Bertz CT molecular complexity index is 735. The van der Waals surface area contributed by atoms with Crippen molar-refractivity contribution in [2.45, 2.75) is 26.2 Å². The van der Waals surface area contributed by atoms with Crippen LogP contribution in [0.25, 0.3) is 0 Å². The van der Waals surface area contributed by atoms with Crippen molar-refractivity contribution < 1.29 is 4.79 Å². The number of nitrogens with zero attached hydrogens (tertiary/aromatic N) is 3. The third-order valence-corrected chi connectivity index (χ3v) is 3.25. The summed E-state index contributed by atoms with van der Waals surface area (Å²) in [4.78, 5) is 28.9. The molecule has 0 aromatic carbocycles. The van der Waals surface area contributed by atoms with E-state index in [2.05, 4.69) is 10.3 Å². The van der Waals surface area contributed by atoms with Gasteiger partial charge in [0.1, 0.15) is 5.56 Å². The zero-order valence-electron chi connectivity index (χ0n) is 13.0. The van der Waals surface area contributed by atoms with Crippen LogP contribution in [0.15, 0.2) is 29.6 Å². The lowest BCUT2D eigenvalue weighted by atomic mass is 9.87. The van der Waals surface area contributed by atoms with E-state index in [1.165, 1.54) is 6.20 Å². The van der Waals surface area contributed by atoms with Crippen LogP contribution in [0.4, 0.5) is 5.95 Å². The summed E-state index contributed by atoms with van der Waals surface area (Å²) in [6.07, 6.45) is 6.61. The number of rotatable bonds is 2. The summed E-state index contributed by atoms with van der Waals surface area (Å²) in [5.41, 5.74) is 0.159. The summed E-state index contributed by atoms with van der Waals surface area (Å²) in [6.45, 7) is 5.85. The molecular formula is C15H20N4O2. The van der Waals surface area contributed by atoms with Crippen LogP contribution in [0.5, 0.6) is 0 Å². The molecule has 0 bridgehead atoms. The highest BCUT2D eigenvalue weighted by atomic mass is 16.2. The summed E-state index contributed by atoms with van der Waals surface area (Å²) in [6, 6.07) is 0. The highest BCUT2D eigenvalue weighted by Crippen LogP contribution is 2.18. The van der Waals surface area contributed by atoms with Gasteiger partial charge in [-0.2, -0.15) is 0 Å². The summed E-state index contributed by atoms with van der Waals surface area (Å²) < 4.78 is 3.41. The molecule has 0 radical (unpaired) electrons. The molecule has 0 aliphatic carbocycles. The summed E-state index contributed by atoms with van der Waals surface area (Å²) >= 11 is 0. The van der Waals surface area contributed by atoms with Gasteiger partial charge in [-0.05, 0) is 5.41 Å². The number of carbonyl (C=O) groups is 1. The Morgan fingerprint density at radius 2 is 1.90 bits per heavy atom. The lowest BCUT2D eigenvalue weighted by Gasteiger charge is -2.19. The smallest absolute Gasteiger partial charge is 0.263 e. The maximum atomic E-state index is 12.5. The van der Waals surface area contributed by atoms with E-state index >= 15 is 0 Å². The standard InChI is InChI=1S/C15H20N4O2/c1-15(2,3)11-9-18(4)8-10(12(11)20)13(21)17-14-16-6-7-19(14)5/h6-9H,1-5H3,(H,16,17,21). The van der Waals surface area contributed by atoms with E-state index in [1.807, 2.05) is 20.8 Å². The Labute approximate surface area is 123 Å². The molecule has 2 rings (SSSR count). The Kier molecular flexibility index (Phi) is 3.72. The molecule has 21 heavy (non-hydrogen) atoms. The fraction of sp³-hybridized carbons (Fsp3) is 0.400. The molecule has 0 spiro atoms. The van der Waals surface area contributed by atoms with Crippen molar-refractivity contribution in [1.29, 1.82) is 0 Å². The molecule has 6 heteroatoms. The van der Waals surface area contributed by atoms with Crippen molar-refractivity contribution in [3.8, 4) is 0 Å². The second kappa shape index (κ2) is 5.20. The molecule has 6 nitrogen and oxygen atoms in total. The van der Waals surface area contributed by atoms with E-state index in [1.54, 1.807) is 41.8 Å². The van der Waals surface area contributed by atoms with Crippen LogP contribution < -0.4 is 10.7 Å². The molecule has 0 aliphatic rings. The Balaban J connectivity index is 2.45. The predicted octanol–water partition coefficient (Wildman–Crippen LogP) is 1.67. The van der Waals surface area contributed by atoms with Crippen molar-refractivity contribution in [1.82, 2.24) is 14.1 Å². The van der Waals surface area contributed by atoms with Crippen molar-refractivity contribution in [2.75, 3.05) is 5.32 Å². The summed E-state index contributed by atoms with van der Waals surface area (Å²) in [5.74, 6) is -0.0424. The second-order valence-electron chi connectivity index (χ2n) is 6.15. The molecule has 1 N–H and O–H groups in total. The number of hydrogen-bond acceptors (Lipinski definition) is 3. The highest BCUT2D eigenvalue weighted by molar-refractivity contribution is 6.03. The Hall–Kier alpha value is -2.37. The molecule has 1 amide bonds. The van der Waals surface area contributed by atoms with Gasteiger partial charge in [-0.1, -0.05) is 20.8 Å².